The van der Waals surface area contributed by atoms with Crippen molar-refractivity contribution in [2.45, 2.75) is 51.0 Å². The zero-order chi connectivity index (χ0) is 12.8. The molecule has 0 aliphatic heterocycles. The molecule has 1 aromatic rings. The Morgan fingerprint density at radius 2 is 2.17 bits per heavy atom. The van der Waals surface area contributed by atoms with Gasteiger partial charge in [0.25, 0.3) is 0 Å². The van der Waals surface area contributed by atoms with Crippen molar-refractivity contribution in [2.24, 2.45) is 11.7 Å². The third-order valence-corrected chi connectivity index (χ3v) is 3.68. The summed E-state index contributed by atoms with van der Waals surface area (Å²) in [6, 6.07) is -0.0889. The fourth-order valence-corrected chi connectivity index (χ4v) is 2.57. The summed E-state index contributed by atoms with van der Waals surface area (Å²) in [6.07, 6.45) is 7.93. The molecule has 0 aromatic carbocycles. The fraction of sp³-hybridized carbons (Fsp3) is 0.846. The molecule has 0 radical (unpaired) electrons. The van der Waals surface area contributed by atoms with Crippen molar-refractivity contribution >= 4 is 0 Å². The van der Waals surface area contributed by atoms with Gasteiger partial charge in [-0.3, -0.25) is 0 Å². The molecule has 1 aliphatic carbocycles. The second-order valence-electron chi connectivity index (χ2n) is 5.07. The van der Waals surface area contributed by atoms with Crippen LogP contribution in [0, 0.1) is 5.92 Å². The van der Waals surface area contributed by atoms with Crippen LogP contribution in [0.15, 0.2) is 4.52 Å². The van der Waals surface area contributed by atoms with Crippen LogP contribution >= 0.6 is 0 Å². The van der Waals surface area contributed by atoms with Crippen molar-refractivity contribution < 1.29 is 9.26 Å². The van der Waals surface area contributed by atoms with E-state index >= 15 is 0 Å². The van der Waals surface area contributed by atoms with Crippen LogP contribution in [0.4, 0.5) is 0 Å². The molecule has 0 bridgehead atoms. The van der Waals surface area contributed by atoms with Crippen LogP contribution in [0.5, 0.6) is 0 Å². The molecule has 1 aromatic heterocycles. The van der Waals surface area contributed by atoms with E-state index in [4.69, 9.17) is 15.0 Å². The molecular formula is C13H23N3O2. The van der Waals surface area contributed by atoms with Crippen molar-refractivity contribution in [3.05, 3.63) is 11.7 Å². The Balaban J connectivity index is 1.87. The highest BCUT2D eigenvalue weighted by molar-refractivity contribution is 4.95. The molecule has 1 atom stereocenters. The first-order valence-electron chi connectivity index (χ1n) is 6.88. The number of aromatic nitrogens is 2. The highest BCUT2D eigenvalue weighted by atomic mass is 16.5. The van der Waals surface area contributed by atoms with E-state index in [9.17, 15) is 0 Å². The van der Waals surface area contributed by atoms with E-state index < -0.39 is 0 Å². The van der Waals surface area contributed by atoms with E-state index in [0.717, 1.165) is 25.3 Å². The molecule has 0 amide bonds. The number of methoxy groups -OCH3 is 1. The predicted molar refractivity (Wildman–Crippen MR) is 68.0 cm³/mol. The summed E-state index contributed by atoms with van der Waals surface area (Å²) in [5.74, 6) is 1.86. The van der Waals surface area contributed by atoms with Crippen molar-refractivity contribution in [2.75, 3.05) is 13.7 Å². The smallest absolute Gasteiger partial charge is 0.243 e. The number of hydrogen-bond donors (Lipinski definition) is 1. The van der Waals surface area contributed by atoms with Gasteiger partial charge in [-0.2, -0.15) is 4.98 Å². The summed E-state index contributed by atoms with van der Waals surface area (Å²) >= 11 is 0. The highest BCUT2D eigenvalue weighted by Crippen LogP contribution is 2.32. The van der Waals surface area contributed by atoms with Crippen LogP contribution in [0.3, 0.4) is 0 Å². The Morgan fingerprint density at radius 1 is 1.39 bits per heavy atom. The van der Waals surface area contributed by atoms with Crippen LogP contribution < -0.4 is 5.73 Å². The highest BCUT2D eigenvalue weighted by Gasteiger charge is 2.26. The van der Waals surface area contributed by atoms with Gasteiger partial charge in [-0.25, -0.2) is 0 Å². The summed E-state index contributed by atoms with van der Waals surface area (Å²) in [6.45, 7) is 0.721. The summed E-state index contributed by atoms with van der Waals surface area (Å²) in [5, 5.41) is 3.98. The lowest BCUT2D eigenvalue weighted by atomic mass is 9.84. The SMILES string of the molecule is COCCCc1noc(C(N)C2CCCCC2)n1. The van der Waals surface area contributed by atoms with Crippen LogP contribution in [-0.4, -0.2) is 23.9 Å². The molecule has 0 saturated heterocycles. The monoisotopic (exact) mass is 253 g/mol. The number of hydrogen-bond acceptors (Lipinski definition) is 5. The second-order valence-corrected chi connectivity index (χ2v) is 5.07. The fourth-order valence-electron chi connectivity index (χ4n) is 2.57. The van der Waals surface area contributed by atoms with Gasteiger partial charge in [0.15, 0.2) is 5.82 Å². The van der Waals surface area contributed by atoms with Gasteiger partial charge in [-0.05, 0) is 25.2 Å². The molecule has 0 spiro atoms. The zero-order valence-electron chi connectivity index (χ0n) is 11.1. The van der Waals surface area contributed by atoms with E-state index in [0.29, 0.717) is 11.8 Å². The molecule has 2 N–H and O–H groups in total. The quantitative estimate of drug-likeness (QED) is 0.787. The summed E-state index contributed by atoms with van der Waals surface area (Å²) in [7, 11) is 1.70. The summed E-state index contributed by atoms with van der Waals surface area (Å²) in [5.41, 5.74) is 6.22. The first-order chi connectivity index (χ1) is 8.81. The maximum absolute atomic E-state index is 6.22. The number of aryl methyl sites for hydroxylation is 1. The van der Waals surface area contributed by atoms with E-state index in [-0.39, 0.29) is 6.04 Å². The van der Waals surface area contributed by atoms with Crippen LogP contribution in [0.2, 0.25) is 0 Å². The average Bonchev–Trinajstić information content (AvgIpc) is 2.88. The number of ether oxygens (including phenoxy) is 1. The third-order valence-electron chi connectivity index (χ3n) is 3.68. The van der Waals surface area contributed by atoms with Crippen molar-refractivity contribution in [3.8, 4) is 0 Å². The summed E-state index contributed by atoms with van der Waals surface area (Å²) < 4.78 is 10.3. The predicted octanol–water partition coefficient (Wildman–Crippen LogP) is 2.23. The largest absolute Gasteiger partial charge is 0.385 e. The van der Waals surface area contributed by atoms with Gasteiger partial charge in [0.05, 0.1) is 6.04 Å². The number of rotatable bonds is 6. The molecule has 1 heterocycles. The first kappa shape index (κ1) is 13.5. The molecule has 18 heavy (non-hydrogen) atoms. The standard InChI is InChI=1S/C13H23N3O2/c1-17-9-5-8-11-15-13(18-16-11)12(14)10-6-3-2-4-7-10/h10,12H,2-9,14H2,1H3. The lowest BCUT2D eigenvalue weighted by Crippen LogP contribution is -2.23. The van der Waals surface area contributed by atoms with E-state index in [1.807, 2.05) is 0 Å². The number of nitrogens with two attached hydrogens (primary N) is 1. The third kappa shape index (κ3) is 3.53. The molecule has 1 aliphatic rings. The van der Waals surface area contributed by atoms with Gasteiger partial charge in [0, 0.05) is 20.1 Å². The molecule has 5 heteroatoms. The second kappa shape index (κ2) is 6.85. The van der Waals surface area contributed by atoms with Gasteiger partial charge < -0.3 is 15.0 Å². The summed E-state index contributed by atoms with van der Waals surface area (Å²) in [4.78, 5) is 4.40. The minimum Gasteiger partial charge on any atom is -0.385 e. The van der Waals surface area contributed by atoms with Crippen molar-refractivity contribution in [1.82, 2.24) is 10.1 Å². The lowest BCUT2D eigenvalue weighted by molar-refractivity contribution is 0.194. The molecule has 1 unspecified atom stereocenters. The molecule has 1 saturated carbocycles. The Hall–Kier alpha value is -0.940. The van der Waals surface area contributed by atoms with Crippen LogP contribution in [0.1, 0.15) is 56.3 Å². The zero-order valence-corrected chi connectivity index (χ0v) is 11.1. The Morgan fingerprint density at radius 3 is 2.89 bits per heavy atom. The van der Waals surface area contributed by atoms with Gasteiger partial charge >= 0.3 is 0 Å². The van der Waals surface area contributed by atoms with E-state index in [1.54, 1.807) is 7.11 Å². The normalized spacial score (nSPS) is 19.0. The Bertz CT molecular complexity index is 348. The topological polar surface area (TPSA) is 74.2 Å². The minimum absolute atomic E-state index is 0.0889. The van der Waals surface area contributed by atoms with Crippen LogP contribution in [0.25, 0.3) is 0 Å². The first-order valence-corrected chi connectivity index (χ1v) is 6.88. The lowest BCUT2D eigenvalue weighted by Gasteiger charge is -2.24. The van der Waals surface area contributed by atoms with Crippen molar-refractivity contribution in [1.29, 1.82) is 0 Å². The molecule has 102 valence electrons. The Labute approximate surface area is 108 Å². The van der Waals surface area contributed by atoms with Gasteiger partial charge in [0.2, 0.25) is 5.89 Å². The van der Waals surface area contributed by atoms with Crippen molar-refractivity contribution in [3.63, 3.8) is 0 Å². The van der Waals surface area contributed by atoms with E-state index in [1.165, 1.54) is 32.1 Å². The Kier molecular flexibility index (Phi) is 5.13. The van der Waals surface area contributed by atoms with Crippen LogP contribution in [-0.2, 0) is 11.2 Å². The maximum Gasteiger partial charge on any atom is 0.243 e. The molecule has 1 fully saturated rings. The molecular weight excluding hydrogens is 230 g/mol. The number of nitrogens with zero attached hydrogens (tertiary/aromatic N) is 2. The average molecular weight is 253 g/mol. The van der Waals surface area contributed by atoms with Gasteiger partial charge in [-0.1, -0.05) is 24.4 Å². The van der Waals surface area contributed by atoms with Gasteiger partial charge in [0.1, 0.15) is 0 Å². The minimum atomic E-state index is -0.0889. The van der Waals surface area contributed by atoms with Gasteiger partial charge in [-0.15, -0.1) is 0 Å². The molecule has 5 nitrogen and oxygen atoms in total. The molecule has 2 rings (SSSR count). The maximum atomic E-state index is 6.22. The van der Waals surface area contributed by atoms with E-state index in [2.05, 4.69) is 10.1 Å².